The first kappa shape index (κ1) is 8.02. The summed E-state index contributed by atoms with van der Waals surface area (Å²) in [6.07, 6.45) is 1.73. The fourth-order valence-electron chi connectivity index (χ4n) is 1.35. The maximum absolute atomic E-state index is 11.5. The predicted octanol–water partition coefficient (Wildman–Crippen LogP) is -0.136. The first-order valence-electron chi connectivity index (χ1n) is 4.15. The third-order valence-corrected chi connectivity index (χ3v) is 2.25. The van der Waals surface area contributed by atoms with Crippen LogP contribution in [0, 0.1) is 11.3 Å². The van der Waals surface area contributed by atoms with Crippen molar-refractivity contribution in [2.45, 2.75) is 6.04 Å². The van der Waals surface area contributed by atoms with Crippen LogP contribution in [-0.2, 0) is 0 Å². The first-order valence-corrected chi connectivity index (χ1v) is 4.15. The van der Waals surface area contributed by atoms with Crippen LogP contribution >= 0.6 is 0 Å². The predicted molar refractivity (Wildman–Crippen MR) is 47.3 cm³/mol. The lowest BCUT2D eigenvalue weighted by molar-refractivity contribution is 0.336. The van der Waals surface area contributed by atoms with Crippen LogP contribution in [-0.4, -0.2) is 17.7 Å². The van der Waals surface area contributed by atoms with Crippen LogP contribution in [0.25, 0.3) is 0 Å². The van der Waals surface area contributed by atoms with E-state index in [0.717, 1.165) is 13.1 Å². The van der Waals surface area contributed by atoms with Gasteiger partial charge in [0.2, 0.25) is 0 Å². The molecule has 0 aliphatic carbocycles. The van der Waals surface area contributed by atoms with Gasteiger partial charge in [-0.3, -0.25) is 4.79 Å². The number of hydrogen-bond donors (Lipinski definition) is 1. The third-order valence-electron chi connectivity index (χ3n) is 2.25. The minimum absolute atomic E-state index is 0.184. The molecule has 1 fully saturated rings. The van der Waals surface area contributed by atoms with Gasteiger partial charge in [-0.05, 0) is 12.1 Å². The van der Waals surface area contributed by atoms with Crippen LogP contribution in [0.2, 0.25) is 0 Å². The quantitative estimate of drug-likeness (QED) is 0.646. The van der Waals surface area contributed by atoms with Crippen molar-refractivity contribution in [1.29, 1.82) is 5.26 Å². The summed E-state index contributed by atoms with van der Waals surface area (Å²) in [5.41, 5.74) is 0.0332. The topological polar surface area (TPSA) is 57.8 Å². The molecule has 1 N–H and O–H groups in total. The van der Waals surface area contributed by atoms with Gasteiger partial charge in [-0.15, -0.1) is 0 Å². The molecule has 1 saturated heterocycles. The zero-order valence-corrected chi connectivity index (χ0v) is 7.03. The van der Waals surface area contributed by atoms with E-state index in [4.69, 9.17) is 5.26 Å². The van der Waals surface area contributed by atoms with Gasteiger partial charge in [-0.1, -0.05) is 0 Å². The molecule has 0 bridgehead atoms. The normalized spacial score (nSPS) is 16.2. The van der Waals surface area contributed by atoms with Crippen LogP contribution in [0.3, 0.4) is 0 Å². The van der Waals surface area contributed by atoms with Crippen LogP contribution in [0.1, 0.15) is 11.6 Å². The van der Waals surface area contributed by atoms with Crippen LogP contribution < -0.4 is 10.9 Å². The van der Waals surface area contributed by atoms with Crippen molar-refractivity contribution in [1.82, 2.24) is 9.88 Å². The highest BCUT2D eigenvalue weighted by molar-refractivity contribution is 5.25. The van der Waals surface area contributed by atoms with Crippen LogP contribution in [0.4, 0.5) is 0 Å². The average Bonchev–Trinajstić information content (AvgIpc) is 2.05. The molecule has 0 spiro atoms. The Hall–Kier alpha value is -1.60. The lowest BCUT2D eigenvalue weighted by Crippen LogP contribution is -2.47. The summed E-state index contributed by atoms with van der Waals surface area (Å²) >= 11 is 0. The number of nitrogens with one attached hydrogen (secondary N) is 1. The minimum Gasteiger partial charge on any atom is -0.313 e. The zero-order chi connectivity index (χ0) is 9.26. The molecule has 0 saturated carbocycles. The SMILES string of the molecule is N#Cc1cccn(C2CNC2)c1=O. The Bertz CT molecular complexity index is 412. The molecule has 1 aromatic heterocycles. The highest BCUT2D eigenvalue weighted by Gasteiger charge is 2.19. The molecule has 4 nitrogen and oxygen atoms in total. The second kappa shape index (κ2) is 3.04. The molecule has 1 aromatic rings. The van der Waals surface area contributed by atoms with Crippen molar-refractivity contribution >= 4 is 0 Å². The van der Waals surface area contributed by atoms with E-state index in [1.54, 1.807) is 22.9 Å². The molecule has 0 radical (unpaired) electrons. The smallest absolute Gasteiger partial charge is 0.268 e. The molecule has 0 atom stereocenters. The number of hydrogen-bond acceptors (Lipinski definition) is 3. The summed E-state index contributed by atoms with van der Waals surface area (Å²) in [4.78, 5) is 11.5. The third kappa shape index (κ3) is 1.23. The molecule has 0 amide bonds. The highest BCUT2D eigenvalue weighted by atomic mass is 16.1. The summed E-state index contributed by atoms with van der Waals surface area (Å²) in [6, 6.07) is 5.39. The summed E-state index contributed by atoms with van der Waals surface area (Å²) < 4.78 is 1.62. The fourth-order valence-corrected chi connectivity index (χ4v) is 1.35. The summed E-state index contributed by atoms with van der Waals surface area (Å²) in [6.45, 7) is 1.63. The molecule has 4 heteroatoms. The fraction of sp³-hybridized carbons (Fsp3) is 0.333. The van der Waals surface area contributed by atoms with Gasteiger partial charge in [0.25, 0.3) is 5.56 Å². The standard InChI is InChI=1S/C9H9N3O/c10-4-7-2-1-3-12(9(7)13)8-5-11-6-8/h1-3,8,11H,5-6H2. The number of aromatic nitrogens is 1. The van der Waals surface area contributed by atoms with E-state index in [1.165, 1.54) is 0 Å². The Labute approximate surface area is 75.4 Å². The summed E-state index contributed by atoms with van der Waals surface area (Å²) in [7, 11) is 0. The van der Waals surface area contributed by atoms with E-state index in [0.29, 0.717) is 0 Å². The van der Waals surface area contributed by atoms with Crippen molar-refractivity contribution in [3.8, 4) is 6.07 Å². The number of nitrogens with zero attached hydrogens (tertiary/aromatic N) is 2. The van der Waals surface area contributed by atoms with Crippen LogP contribution in [0.15, 0.2) is 23.1 Å². The maximum atomic E-state index is 11.5. The van der Waals surface area contributed by atoms with E-state index in [1.807, 2.05) is 6.07 Å². The Morgan fingerprint density at radius 3 is 2.92 bits per heavy atom. The van der Waals surface area contributed by atoms with Gasteiger partial charge in [-0.2, -0.15) is 5.26 Å². The van der Waals surface area contributed by atoms with Crippen molar-refractivity contribution in [3.63, 3.8) is 0 Å². The summed E-state index contributed by atoms with van der Waals surface area (Å²) in [5.74, 6) is 0. The van der Waals surface area contributed by atoms with E-state index < -0.39 is 0 Å². The monoisotopic (exact) mass is 175 g/mol. The molecular weight excluding hydrogens is 166 g/mol. The molecule has 2 heterocycles. The van der Waals surface area contributed by atoms with Crippen molar-refractivity contribution in [3.05, 3.63) is 34.2 Å². The Morgan fingerprint density at radius 1 is 1.62 bits per heavy atom. The second-order valence-corrected chi connectivity index (χ2v) is 3.06. The van der Waals surface area contributed by atoms with Crippen molar-refractivity contribution in [2.75, 3.05) is 13.1 Å². The number of rotatable bonds is 1. The maximum Gasteiger partial charge on any atom is 0.268 e. The van der Waals surface area contributed by atoms with Gasteiger partial charge in [0.15, 0.2) is 0 Å². The van der Waals surface area contributed by atoms with Gasteiger partial charge >= 0.3 is 0 Å². The lowest BCUT2D eigenvalue weighted by Gasteiger charge is -2.28. The lowest BCUT2D eigenvalue weighted by atomic mass is 10.1. The molecular formula is C9H9N3O. The Morgan fingerprint density at radius 2 is 2.38 bits per heavy atom. The molecule has 0 aromatic carbocycles. The molecule has 66 valence electrons. The second-order valence-electron chi connectivity index (χ2n) is 3.06. The number of pyridine rings is 1. The van der Waals surface area contributed by atoms with E-state index in [9.17, 15) is 4.79 Å². The average molecular weight is 175 g/mol. The van der Waals surface area contributed by atoms with E-state index in [-0.39, 0.29) is 17.2 Å². The van der Waals surface area contributed by atoms with Gasteiger partial charge in [-0.25, -0.2) is 0 Å². The van der Waals surface area contributed by atoms with Crippen LogP contribution in [0.5, 0.6) is 0 Å². The Balaban J connectivity index is 2.47. The van der Waals surface area contributed by atoms with E-state index >= 15 is 0 Å². The number of nitriles is 1. The molecule has 13 heavy (non-hydrogen) atoms. The van der Waals surface area contributed by atoms with Gasteiger partial charge in [0, 0.05) is 19.3 Å². The van der Waals surface area contributed by atoms with Gasteiger partial charge < -0.3 is 9.88 Å². The van der Waals surface area contributed by atoms with Gasteiger partial charge in [0.1, 0.15) is 11.6 Å². The largest absolute Gasteiger partial charge is 0.313 e. The highest BCUT2D eigenvalue weighted by Crippen LogP contribution is 2.08. The van der Waals surface area contributed by atoms with E-state index in [2.05, 4.69) is 5.32 Å². The van der Waals surface area contributed by atoms with Gasteiger partial charge in [0.05, 0.1) is 6.04 Å². The Kier molecular flexibility index (Phi) is 1.87. The first-order chi connectivity index (χ1) is 6.33. The zero-order valence-electron chi connectivity index (χ0n) is 7.03. The molecule has 0 unspecified atom stereocenters. The molecule has 1 aliphatic heterocycles. The molecule has 1 aliphatic rings. The minimum atomic E-state index is -0.184. The summed E-state index contributed by atoms with van der Waals surface area (Å²) in [5, 5.41) is 11.7. The van der Waals surface area contributed by atoms with Crippen molar-refractivity contribution in [2.24, 2.45) is 0 Å². The molecule has 2 rings (SSSR count). The van der Waals surface area contributed by atoms with Crippen molar-refractivity contribution < 1.29 is 0 Å².